The van der Waals surface area contributed by atoms with Crippen LogP contribution in [0.5, 0.6) is 0 Å². The van der Waals surface area contributed by atoms with Gasteiger partial charge in [-0.2, -0.15) is 11.8 Å². The largest absolute Gasteiger partial charge is 0.326 e. The fourth-order valence-electron chi connectivity index (χ4n) is 2.16. The van der Waals surface area contributed by atoms with Gasteiger partial charge in [0.2, 0.25) is 5.91 Å². The van der Waals surface area contributed by atoms with E-state index in [1.807, 2.05) is 36.0 Å². The Bertz CT molecular complexity index is 579. The summed E-state index contributed by atoms with van der Waals surface area (Å²) in [6, 6.07) is 7.68. The Labute approximate surface area is 126 Å². The fourth-order valence-corrected chi connectivity index (χ4v) is 3.11. The molecule has 0 saturated carbocycles. The standard InChI is InChI=1S/C13H16N6OS/c20-13(7-11-8-21-6-5-14-11)16-10-1-3-12(4-2-10)19-9-15-17-18-19/h1-4,9,11,14H,5-8H2,(H,16,20). The number of aromatic nitrogens is 4. The lowest BCUT2D eigenvalue weighted by Gasteiger charge is -2.22. The highest BCUT2D eigenvalue weighted by molar-refractivity contribution is 7.99. The highest BCUT2D eigenvalue weighted by Gasteiger charge is 2.16. The van der Waals surface area contributed by atoms with Crippen LogP contribution in [0.15, 0.2) is 30.6 Å². The number of hydrogen-bond donors (Lipinski definition) is 2. The van der Waals surface area contributed by atoms with Crippen molar-refractivity contribution >= 4 is 23.4 Å². The molecule has 8 heteroatoms. The van der Waals surface area contributed by atoms with E-state index in [4.69, 9.17) is 0 Å². The van der Waals surface area contributed by atoms with Gasteiger partial charge in [-0.05, 0) is 34.7 Å². The number of benzene rings is 1. The number of nitrogens with one attached hydrogen (secondary N) is 2. The van der Waals surface area contributed by atoms with Crippen LogP contribution in [0.4, 0.5) is 5.69 Å². The van der Waals surface area contributed by atoms with E-state index >= 15 is 0 Å². The number of carbonyl (C=O) groups is 1. The van der Waals surface area contributed by atoms with Gasteiger partial charge in [0.15, 0.2) is 0 Å². The molecule has 1 fully saturated rings. The number of amides is 1. The highest BCUT2D eigenvalue weighted by atomic mass is 32.2. The first-order valence-electron chi connectivity index (χ1n) is 6.76. The zero-order valence-electron chi connectivity index (χ0n) is 11.4. The van der Waals surface area contributed by atoms with Gasteiger partial charge in [-0.3, -0.25) is 4.79 Å². The normalized spacial score (nSPS) is 18.4. The van der Waals surface area contributed by atoms with Crippen molar-refractivity contribution in [2.24, 2.45) is 0 Å². The fraction of sp³-hybridized carbons (Fsp3) is 0.385. The van der Waals surface area contributed by atoms with E-state index in [1.165, 1.54) is 6.33 Å². The zero-order chi connectivity index (χ0) is 14.5. The van der Waals surface area contributed by atoms with E-state index in [0.717, 1.165) is 29.4 Å². The number of carbonyl (C=O) groups excluding carboxylic acids is 1. The van der Waals surface area contributed by atoms with Crippen molar-refractivity contribution in [2.45, 2.75) is 12.5 Å². The van der Waals surface area contributed by atoms with Crippen molar-refractivity contribution in [1.29, 1.82) is 0 Å². The van der Waals surface area contributed by atoms with E-state index in [9.17, 15) is 4.79 Å². The van der Waals surface area contributed by atoms with Crippen molar-refractivity contribution < 1.29 is 4.79 Å². The van der Waals surface area contributed by atoms with Crippen LogP contribution in [0.1, 0.15) is 6.42 Å². The van der Waals surface area contributed by atoms with Crippen molar-refractivity contribution in [3.8, 4) is 5.69 Å². The molecular formula is C13H16N6OS. The molecule has 1 aromatic heterocycles. The number of anilines is 1. The average molecular weight is 304 g/mol. The minimum Gasteiger partial charge on any atom is -0.326 e. The number of thioether (sulfide) groups is 1. The van der Waals surface area contributed by atoms with Gasteiger partial charge in [-0.25, -0.2) is 4.68 Å². The lowest BCUT2D eigenvalue weighted by molar-refractivity contribution is -0.116. The quantitative estimate of drug-likeness (QED) is 0.865. The van der Waals surface area contributed by atoms with Crippen LogP contribution in [0.2, 0.25) is 0 Å². The molecule has 0 aliphatic carbocycles. The predicted octanol–water partition coefficient (Wildman–Crippen LogP) is 0.696. The van der Waals surface area contributed by atoms with Crippen LogP contribution in [-0.4, -0.2) is 50.2 Å². The molecular weight excluding hydrogens is 288 g/mol. The van der Waals surface area contributed by atoms with Gasteiger partial charge >= 0.3 is 0 Å². The molecule has 1 aliphatic heterocycles. The topological polar surface area (TPSA) is 84.7 Å². The van der Waals surface area contributed by atoms with Gasteiger partial charge in [-0.1, -0.05) is 0 Å². The van der Waals surface area contributed by atoms with E-state index in [0.29, 0.717) is 6.42 Å². The van der Waals surface area contributed by atoms with E-state index in [1.54, 1.807) is 4.68 Å². The van der Waals surface area contributed by atoms with Gasteiger partial charge in [0, 0.05) is 36.2 Å². The van der Waals surface area contributed by atoms with E-state index in [2.05, 4.69) is 26.2 Å². The second-order valence-corrected chi connectivity index (χ2v) is 5.93. The summed E-state index contributed by atoms with van der Waals surface area (Å²) in [5, 5.41) is 17.3. The summed E-state index contributed by atoms with van der Waals surface area (Å²) in [5.74, 6) is 2.15. The lowest BCUT2D eigenvalue weighted by atomic mass is 10.2. The molecule has 7 nitrogen and oxygen atoms in total. The van der Waals surface area contributed by atoms with Crippen LogP contribution in [-0.2, 0) is 4.79 Å². The molecule has 1 aliphatic rings. The summed E-state index contributed by atoms with van der Waals surface area (Å²) in [6.07, 6.45) is 2.03. The SMILES string of the molecule is O=C(CC1CSCCN1)Nc1ccc(-n2cnnn2)cc1. The molecule has 2 N–H and O–H groups in total. The lowest BCUT2D eigenvalue weighted by Crippen LogP contribution is -2.39. The molecule has 110 valence electrons. The molecule has 2 heterocycles. The van der Waals surface area contributed by atoms with E-state index in [-0.39, 0.29) is 11.9 Å². The smallest absolute Gasteiger partial charge is 0.225 e. The monoisotopic (exact) mass is 304 g/mol. The summed E-state index contributed by atoms with van der Waals surface area (Å²) < 4.78 is 1.56. The summed E-state index contributed by atoms with van der Waals surface area (Å²) >= 11 is 1.89. The van der Waals surface area contributed by atoms with Crippen LogP contribution in [0, 0.1) is 0 Å². The first kappa shape index (κ1) is 14.0. The number of nitrogens with zero attached hydrogens (tertiary/aromatic N) is 4. The first-order valence-corrected chi connectivity index (χ1v) is 7.91. The Morgan fingerprint density at radius 1 is 1.43 bits per heavy atom. The molecule has 0 spiro atoms. The number of rotatable bonds is 4. The van der Waals surface area contributed by atoms with Crippen LogP contribution in [0.25, 0.3) is 5.69 Å². The maximum Gasteiger partial charge on any atom is 0.225 e. The molecule has 1 saturated heterocycles. The average Bonchev–Trinajstić information content (AvgIpc) is 3.03. The first-order chi connectivity index (χ1) is 10.3. The molecule has 1 unspecified atom stereocenters. The van der Waals surface area contributed by atoms with Crippen molar-refractivity contribution in [3.05, 3.63) is 30.6 Å². The molecule has 1 atom stereocenters. The van der Waals surface area contributed by atoms with Crippen LogP contribution < -0.4 is 10.6 Å². The maximum atomic E-state index is 12.0. The van der Waals surface area contributed by atoms with Gasteiger partial charge in [-0.15, -0.1) is 5.10 Å². The molecule has 21 heavy (non-hydrogen) atoms. The van der Waals surface area contributed by atoms with Gasteiger partial charge in [0.05, 0.1) is 5.69 Å². The van der Waals surface area contributed by atoms with Crippen molar-refractivity contribution in [1.82, 2.24) is 25.5 Å². The minimum atomic E-state index is 0.0326. The summed E-state index contributed by atoms with van der Waals surface area (Å²) in [5.41, 5.74) is 1.63. The molecule has 2 aromatic rings. The maximum absolute atomic E-state index is 12.0. The summed E-state index contributed by atoms with van der Waals surface area (Å²) in [4.78, 5) is 12.0. The summed E-state index contributed by atoms with van der Waals surface area (Å²) in [6.45, 7) is 0.975. The second-order valence-electron chi connectivity index (χ2n) is 4.78. The Hall–Kier alpha value is -1.93. The van der Waals surface area contributed by atoms with Crippen LogP contribution in [0.3, 0.4) is 0 Å². The van der Waals surface area contributed by atoms with Gasteiger partial charge in [0.25, 0.3) is 0 Å². The van der Waals surface area contributed by atoms with Crippen molar-refractivity contribution in [3.63, 3.8) is 0 Å². The third-order valence-electron chi connectivity index (χ3n) is 3.19. The minimum absolute atomic E-state index is 0.0326. The third-order valence-corrected chi connectivity index (χ3v) is 4.33. The van der Waals surface area contributed by atoms with E-state index < -0.39 is 0 Å². The zero-order valence-corrected chi connectivity index (χ0v) is 12.2. The molecule has 3 rings (SSSR count). The number of hydrogen-bond acceptors (Lipinski definition) is 6. The second kappa shape index (κ2) is 6.68. The van der Waals surface area contributed by atoms with Gasteiger partial charge < -0.3 is 10.6 Å². The molecule has 1 amide bonds. The van der Waals surface area contributed by atoms with Crippen molar-refractivity contribution in [2.75, 3.05) is 23.4 Å². The summed E-state index contributed by atoms with van der Waals surface area (Å²) in [7, 11) is 0. The third kappa shape index (κ3) is 3.79. The number of tetrazole rings is 1. The Balaban J connectivity index is 1.56. The molecule has 0 radical (unpaired) electrons. The highest BCUT2D eigenvalue weighted by Crippen LogP contribution is 2.14. The predicted molar refractivity (Wildman–Crippen MR) is 81.5 cm³/mol. The van der Waals surface area contributed by atoms with Crippen LogP contribution >= 0.6 is 11.8 Å². The Morgan fingerprint density at radius 2 is 2.29 bits per heavy atom. The molecule has 0 bridgehead atoms. The Kier molecular flexibility index (Phi) is 4.46. The Morgan fingerprint density at radius 3 is 2.95 bits per heavy atom. The van der Waals surface area contributed by atoms with Gasteiger partial charge in [0.1, 0.15) is 6.33 Å². The molecule has 1 aromatic carbocycles.